The number of nitrogens with two attached hydrogens (primary N) is 1. The number of hydrogen-bond donors (Lipinski definition) is 2. The lowest BCUT2D eigenvalue weighted by Crippen LogP contribution is -2.33. The molecule has 1 aliphatic carbocycles. The maximum atomic E-state index is 5.86. The number of nitrogen functional groups attached to an aromatic ring is 1. The van der Waals surface area contributed by atoms with E-state index in [0.717, 1.165) is 41.5 Å². The van der Waals surface area contributed by atoms with Crippen LogP contribution >= 0.6 is 0 Å². The molecule has 0 aliphatic heterocycles. The lowest BCUT2D eigenvalue weighted by atomic mass is 10.2. The zero-order valence-corrected chi connectivity index (χ0v) is 12.5. The second kappa shape index (κ2) is 6.26. The number of benzene rings is 1. The van der Waals surface area contributed by atoms with Crippen LogP contribution in [0.4, 0.5) is 11.5 Å². The van der Waals surface area contributed by atoms with Crippen LogP contribution in [0.1, 0.15) is 25.7 Å². The minimum Gasteiger partial charge on any atom is -0.399 e. The van der Waals surface area contributed by atoms with Crippen molar-refractivity contribution < 1.29 is 0 Å². The predicted molar refractivity (Wildman–Crippen MR) is 87.3 cm³/mol. The molecule has 0 bridgehead atoms. The Kier molecular flexibility index (Phi) is 4.20. The summed E-state index contributed by atoms with van der Waals surface area (Å²) >= 11 is 0. The van der Waals surface area contributed by atoms with Crippen LogP contribution in [0.3, 0.4) is 0 Å². The molecule has 0 amide bonds. The SMILES string of the molecule is CN(CCNc1ncnc2ccc(N)cc12)C1CCCC1. The maximum absolute atomic E-state index is 5.86. The van der Waals surface area contributed by atoms with Gasteiger partial charge < -0.3 is 16.0 Å². The van der Waals surface area contributed by atoms with E-state index in [2.05, 4.69) is 27.2 Å². The summed E-state index contributed by atoms with van der Waals surface area (Å²) in [5.74, 6) is 0.868. The summed E-state index contributed by atoms with van der Waals surface area (Å²) in [6.07, 6.45) is 7.02. The number of nitrogens with one attached hydrogen (secondary N) is 1. The van der Waals surface area contributed by atoms with Crippen LogP contribution in [0.25, 0.3) is 10.9 Å². The quantitative estimate of drug-likeness (QED) is 0.826. The fraction of sp³-hybridized carbons (Fsp3) is 0.500. The van der Waals surface area contributed by atoms with Gasteiger partial charge in [0.05, 0.1) is 5.52 Å². The highest BCUT2D eigenvalue weighted by atomic mass is 15.2. The van der Waals surface area contributed by atoms with Gasteiger partial charge in [0.25, 0.3) is 0 Å². The van der Waals surface area contributed by atoms with Crippen molar-refractivity contribution in [1.82, 2.24) is 14.9 Å². The fourth-order valence-corrected chi connectivity index (χ4v) is 3.09. The van der Waals surface area contributed by atoms with Gasteiger partial charge in [-0.15, -0.1) is 0 Å². The molecule has 0 saturated heterocycles. The number of nitrogens with zero attached hydrogens (tertiary/aromatic N) is 3. The molecule has 1 saturated carbocycles. The molecule has 0 spiro atoms. The number of anilines is 2. The van der Waals surface area contributed by atoms with E-state index in [-0.39, 0.29) is 0 Å². The van der Waals surface area contributed by atoms with Crippen molar-refractivity contribution in [3.63, 3.8) is 0 Å². The van der Waals surface area contributed by atoms with Crippen LogP contribution in [0.2, 0.25) is 0 Å². The van der Waals surface area contributed by atoms with Crippen molar-refractivity contribution >= 4 is 22.4 Å². The molecule has 2 aromatic rings. The van der Waals surface area contributed by atoms with E-state index < -0.39 is 0 Å². The molecule has 1 fully saturated rings. The Morgan fingerprint density at radius 2 is 2.10 bits per heavy atom. The molecule has 3 N–H and O–H groups in total. The highest BCUT2D eigenvalue weighted by Crippen LogP contribution is 2.23. The van der Waals surface area contributed by atoms with Crippen molar-refractivity contribution in [1.29, 1.82) is 0 Å². The van der Waals surface area contributed by atoms with Crippen LogP contribution in [0.15, 0.2) is 24.5 Å². The van der Waals surface area contributed by atoms with Crippen LogP contribution < -0.4 is 11.1 Å². The van der Waals surface area contributed by atoms with Crippen molar-refractivity contribution in [3.05, 3.63) is 24.5 Å². The maximum Gasteiger partial charge on any atom is 0.137 e. The zero-order chi connectivity index (χ0) is 14.7. The van der Waals surface area contributed by atoms with Gasteiger partial charge in [-0.1, -0.05) is 12.8 Å². The van der Waals surface area contributed by atoms with Gasteiger partial charge in [-0.2, -0.15) is 0 Å². The van der Waals surface area contributed by atoms with E-state index in [9.17, 15) is 0 Å². The zero-order valence-electron chi connectivity index (χ0n) is 12.5. The summed E-state index contributed by atoms with van der Waals surface area (Å²) in [6, 6.07) is 6.48. The van der Waals surface area contributed by atoms with Crippen molar-refractivity contribution in [2.24, 2.45) is 0 Å². The lowest BCUT2D eigenvalue weighted by molar-refractivity contribution is 0.254. The largest absolute Gasteiger partial charge is 0.399 e. The molecule has 1 aliphatic rings. The summed E-state index contributed by atoms with van der Waals surface area (Å²) in [5, 5.41) is 4.41. The van der Waals surface area contributed by atoms with Crippen LogP contribution in [-0.4, -0.2) is 41.0 Å². The van der Waals surface area contributed by atoms with Gasteiger partial charge in [0.1, 0.15) is 12.1 Å². The van der Waals surface area contributed by atoms with Crippen LogP contribution in [-0.2, 0) is 0 Å². The first kappa shape index (κ1) is 14.1. The second-order valence-electron chi connectivity index (χ2n) is 5.84. The predicted octanol–water partition coefficient (Wildman–Crippen LogP) is 2.50. The average molecular weight is 285 g/mol. The Morgan fingerprint density at radius 1 is 1.29 bits per heavy atom. The summed E-state index contributed by atoms with van der Waals surface area (Å²) < 4.78 is 0. The van der Waals surface area contributed by atoms with Crippen molar-refractivity contribution in [2.45, 2.75) is 31.7 Å². The van der Waals surface area contributed by atoms with Gasteiger partial charge in [-0.05, 0) is 38.1 Å². The molecule has 1 heterocycles. The molecule has 1 aromatic carbocycles. The van der Waals surface area contributed by atoms with Gasteiger partial charge in [-0.25, -0.2) is 9.97 Å². The van der Waals surface area contributed by atoms with Gasteiger partial charge >= 0.3 is 0 Å². The van der Waals surface area contributed by atoms with E-state index in [1.54, 1.807) is 6.33 Å². The molecule has 3 rings (SSSR count). The minimum absolute atomic E-state index is 0.739. The minimum atomic E-state index is 0.739. The van der Waals surface area contributed by atoms with Crippen LogP contribution in [0.5, 0.6) is 0 Å². The molecular weight excluding hydrogens is 262 g/mol. The highest BCUT2D eigenvalue weighted by molar-refractivity contribution is 5.91. The molecule has 5 nitrogen and oxygen atoms in total. The normalized spacial score (nSPS) is 15.9. The number of fused-ring (bicyclic) bond motifs is 1. The second-order valence-corrected chi connectivity index (χ2v) is 5.84. The highest BCUT2D eigenvalue weighted by Gasteiger charge is 2.18. The first-order valence-electron chi connectivity index (χ1n) is 7.68. The van der Waals surface area contributed by atoms with Gasteiger partial charge in [0.15, 0.2) is 0 Å². The van der Waals surface area contributed by atoms with E-state index in [4.69, 9.17) is 5.73 Å². The molecular formula is C16H23N5. The molecule has 1 aromatic heterocycles. The Morgan fingerprint density at radius 3 is 2.90 bits per heavy atom. The first-order valence-corrected chi connectivity index (χ1v) is 7.68. The number of rotatable bonds is 5. The van der Waals surface area contributed by atoms with E-state index in [1.165, 1.54) is 25.7 Å². The third-order valence-electron chi connectivity index (χ3n) is 4.36. The average Bonchev–Trinajstić information content (AvgIpc) is 3.02. The summed E-state index contributed by atoms with van der Waals surface area (Å²) in [4.78, 5) is 11.1. The third-order valence-corrected chi connectivity index (χ3v) is 4.36. The lowest BCUT2D eigenvalue weighted by Gasteiger charge is -2.24. The van der Waals surface area contributed by atoms with Gasteiger partial charge in [-0.3, -0.25) is 0 Å². The monoisotopic (exact) mass is 285 g/mol. The Balaban J connectivity index is 1.63. The molecule has 5 heteroatoms. The summed E-state index contributed by atoms with van der Waals surface area (Å²) in [6.45, 7) is 1.91. The first-order chi connectivity index (χ1) is 10.2. The molecule has 0 radical (unpaired) electrons. The number of likely N-dealkylation sites (N-methyl/N-ethyl adjacent to an activating group) is 1. The van der Waals surface area contributed by atoms with Gasteiger partial charge in [0, 0.05) is 30.2 Å². The third kappa shape index (κ3) is 3.24. The Labute approximate surface area is 125 Å². The standard InChI is InChI=1S/C16H23N5/c1-21(13-4-2-3-5-13)9-8-18-16-14-10-12(17)6-7-15(14)19-11-20-16/h6-7,10-11,13H,2-5,8-9,17H2,1H3,(H,18,19,20). The van der Waals surface area contributed by atoms with E-state index in [0.29, 0.717) is 0 Å². The van der Waals surface area contributed by atoms with Crippen molar-refractivity contribution in [3.8, 4) is 0 Å². The number of aromatic nitrogens is 2. The smallest absolute Gasteiger partial charge is 0.137 e. The summed E-state index contributed by atoms with van der Waals surface area (Å²) in [5.41, 5.74) is 7.52. The van der Waals surface area contributed by atoms with E-state index >= 15 is 0 Å². The molecule has 112 valence electrons. The Hall–Kier alpha value is -1.88. The van der Waals surface area contributed by atoms with Crippen LogP contribution in [0, 0.1) is 0 Å². The Bertz CT molecular complexity index is 607. The topological polar surface area (TPSA) is 67.1 Å². The summed E-state index contributed by atoms with van der Waals surface area (Å²) in [7, 11) is 2.22. The molecule has 21 heavy (non-hydrogen) atoms. The molecule has 0 atom stereocenters. The van der Waals surface area contributed by atoms with Crippen molar-refractivity contribution in [2.75, 3.05) is 31.2 Å². The fourth-order valence-electron chi connectivity index (χ4n) is 3.09. The van der Waals surface area contributed by atoms with Gasteiger partial charge in [0.2, 0.25) is 0 Å². The van der Waals surface area contributed by atoms with E-state index in [1.807, 2.05) is 18.2 Å². The molecule has 0 unspecified atom stereocenters. The number of hydrogen-bond acceptors (Lipinski definition) is 5.